The molecule has 0 bridgehead atoms. The Morgan fingerprint density at radius 1 is 0.871 bits per heavy atom. The quantitative estimate of drug-likeness (QED) is 0.208. The topological polar surface area (TPSA) is 71.2 Å². The van der Waals surface area contributed by atoms with Gasteiger partial charge >= 0.3 is 0 Å². The van der Waals surface area contributed by atoms with Gasteiger partial charge in [0.15, 0.2) is 5.78 Å². The molecule has 0 aromatic heterocycles. The van der Waals surface area contributed by atoms with E-state index in [2.05, 4.69) is 17.2 Å². The average Bonchev–Trinajstić information content (AvgIpc) is 2.83. The lowest BCUT2D eigenvalue weighted by molar-refractivity contribution is 0.0743. The van der Waals surface area contributed by atoms with Crippen LogP contribution in [0.5, 0.6) is 5.75 Å². The Balaban J connectivity index is 1.82. The summed E-state index contributed by atoms with van der Waals surface area (Å²) in [6, 6.07) is 23.4. The Kier molecular flexibility index (Phi) is 8.49. The lowest BCUT2D eigenvalue weighted by atomic mass is 9.99. The second-order valence-corrected chi connectivity index (χ2v) is 7.30. The first-order valence-electron chi connectivity index (χ1n) is 10.7. The summed E-state index contributed by atoms with van der Waals surface area (Å²) in [5.74, 6) is 0.0160. The van der Waals surface area contributed by atoms with Gasteiger partial charge in [0, 0.05) is 6.07 Å². The standard InChI is InChI=1S/C26H28N2O3/c1-2-3-4-11-18-31-24-19-22(28-27-21-14-9-6-10-15-21)16-17-23(24)26(30)25(29)20-12-7-5-8-13-20/h5-10,12-17,19,25,29H,2-4,11,18H2,1H3. The zero-order valence-corrected chi connectivity index (χ0v) is 17.8. The van der Waals surface area contributed by atoms with Gasteiger partial charge in [0.25, 0.3) is 0 Å². The van der Waals surface area contributed by atoms with Crippen LogP contribution in [-0.4, -0.2) is 17.5 Å². The molecule has 3 rings (SSSR count). The molecule has 0 amide bonds. The molecule has 31 heavy (non-hydrogen) atoms. The summed E-state index contributed by atoms with van der Waals surface area (Å²) in [4.78, 5) is 13.0. The number of carbonyl (C=O) groups excluding carboxylic acids is 1. The third-order valence-electron chi connectivity index (χ3n) is 4.89. The molecular formula is C26H28N2O3. The molecule has 0 spiro atoms. The fraction of sp³-hybridized carbons (Fsp3) is 0.269. The van der Waals surface area contributed by atoms with Gasteiger partial charge in [-0.3, -0.25) is 4.79 Å². The number of hydrogen-bond acceptors (Lipinski definition) is 5. The molecule has 5 nitrogen and oxygen atoms in total. The van der Waals surface area contributed by atoms with E-state index in [0.29, 0.717) is 29.2 Å². The summed E-state index contributed by atoms with van der Waals surface area (Å²) >= 11 is 0. The fourth-order valence-electron chi connectivity index (χ4n) is 3.15. The first kappa shape index (κ1) is 22.4. The zero-order chi connectivity index (χ0) is 21.9. The van der Waals surface area contributed by atoms with Crippen molar-refractivity contribution in [1.29, 1.82) is 0 Å². The van der Waals surface area contributed by atoms with Gasteiger partial charge in [-0.05, 0) is 36.2 Å². The normalized spacial score (nSPS) is 12.1. The van der Waals surface area contributed by atoms with Crippen molar-refractivity contribution in [1.82, 2.24) is 0 Å². The van der Waals surface area contributed by atoms with E-state index in [-0.39, 0.29) is 0 Å². The Bertz CT molecular complexity index is 988. The van der Waals surface area contributed by atoms with E-state index in [1.807, 2.05) is 36.4 Å². The Hall–Kier alpha value is -3.31. The van der Waals surface area contributed by atoms with Gasteiger partial charge in [0.2, 0.25) is 0 Å². The number of unbranched alkanes of at least 4 members (excludes halogenated alkanes) is 3. The molecule has 0 radical (unpaired) electrons. The van der Waals surface area contributed by atoms with Crippen molar-refractivity contribution in [2.75, 3.05) is 6.61 Å². The number of rotatable bonds is 11. The Morgan fingerprint density at radius 2 is 1.55 bits per heavy atom. The number of azo groups is 1. The predicted molar refractivity (Wildman–Crippen MR) is 122 cm³/mol. The summed E-state index contributed by atoms with van der Waals surface area (Å²) in [6.45, 7) is 2.66. The maximum Gasteiger partial charge on any atom is 0.199 e. The SMILES string of the molecule is CCCCCCOc1cc(N=Nc2ccccc2)ccc1C(=O)C(O)c1ccccc1. The van der Waals surface area contributed by atoms with Gasteiger partial charge < -0.3 is 9.84 Å². The number of aliphatic hydroxyl groups is 1. The highest BCUT2D eigenvalue weighted by atomic mass is 16.5. The molecule has 3 aromatic carbocycles. The van der Waals surface area contributed by atoms with E-state index < -0.39 is 11.9 Å². The number of nitrogens with zero attached hydrogens (tertiary/aromatic N) is 2. The van der Waals surface area contributed by atoms with Crippen LogP contribution in [0.15, 0.2) is 89.1 Å². The average molecular weight is 417 g/mol. The molecule has 0 aliphatic carbocycles. The lowest BCUT2D eigenvalue weighted by Crippen LogP contribution is -2.14. The number of ether oxygens (including phenoxy) is 1. The number of carbonyl (C=O) groups is 1. The summed E-state index contributed by atoms with van der Waals surface area (Å²) < 4.78 is 5.95. The molecule has 5 heteroatoms. The molecule has 0 aliphatic heterocycles. The Labute approximate surface area is 183 Å². The van der Waals surface area contributed by atoms with Gasteiger partial charge in [-0.2, -0.15) is 10.2 Å². The molecule has 0 aliphatic rings. The molecule has 1 atom stereocenters. The zero-order valence-electron chi connectivity index (χ0n) is 17.8. The lowest BCUT2D eigenvalue weighted by Gasteiger charge is -2.15. The van der Waals surface area contributed by atoms with Gasteiger partial charge in [-0.1, -0.05) is 74.7 Å². The number of benzene rings is 3. The van der Waals surface area contributed by atoms with Crippen molar-refractivity contribution in [3.8, 4) is 5.75 Å². The first-order valence-corrected chi connectivity index (χ1v) is 10.7. The van der Waals surface area contributed by atoms with Crippen LogP contribution in [0.2, 0.25) is 0 Å². The molecule has 160 valence electrons. The van der Waals surface area contributed by atoms with E-state index in [9.17, 15) is 9.90 Å². The molecular weight excluding hydrogens is 388 g/mol. The van der Waals surface area contributed by atoms with E-state index in [0.717, 1.165) is 31.4 Å². The maximum atomic E-state index is 13.0. The van der Waals surface area contributed by atoms with E-state index in [1.54, 1.807) is 42.5 Å². The van der Waals surface area contributed by atoms with Crippen molar-refractivity contribution in [3.05, 3.63) is 90.0 Å². The second kappa shape index (κ2) is 11.8. The molecule has 0 saturated carbocycles. The monoisotopic (exact) mass is 416 g/mol. The summed E-state index contributed by atoms with van der Waals surface area (Å²) in [5.41, 5.74) is 2.21. The third kappa shape index (κ3) is 6.59. The van der Waals surface area contributed by atoms with Gasteiger partial charge in [-0.25, -0.2) is 0 Å². The maximum absolute atomic E-state index is 13.0. The van der Waals surface area contributed by atoms with Gasteiger partial charge in [0.05, 0.1) is 23.5 Å². The highest BCUT2D eigenvalue weighted by Crippen LogP contribution is 2.30. The third-order valence-corrected chi connectivity index (χ3v) is 4.89. The van der Waals surface area contributed by atoms with Gasteiger partial charge in [-0.15, -0.1) is 0 Å². The molecule has 0 heterocycles. The summed E-state index contributed by atoms with van der Waals surface area (Å²) in [7, 11) is 0. The van der Waals surface area contributed by atoms with Crippen molar-refractivity contribution < 1.29 is 14.6 Å². The molecule has 3 aromatic rings. The minimum atomic E-state index is -1.25. The fourth-order valence-corrected chi connectivity index (χ4v) is 3.15. The van der Waals surface area contributed by atoms with Crippen molar-refractivity contribution >= 4 is 17.2 Å². The van der Waals surface area contributed by atoms with Crippen LogP contribution in [0.1, 0.15) is 54.6 Å². The second-order valence-electron chi connectivity index (χ2n) is 7.30. The molecule has 0 fully saturated rings. The van der Waals surface area contributed by atoms with Crippen LogP contribution in [-0.2, 0) is 0 Å². The Morgan fingerprint density at radius 3 is 2.26 bits per heavy atom. The highest BCUT2D eigenvalue weighted by molar-refractivity contribution is 6.02. The van der Waals surface area contributed by atoms with Crippen LogP contribution in [0.25, 0.3) is 0 Å². The molecule has 1 unspecified atom stereocenters. The minimum absolute atomic E-state index is 0.338. The van der Waals surface area contributed by atoms with Crippen LogP contribution in [0, 0.1) is 0 Å². The predicted octanol–water partition coefficient (Wildman–Crippen LogP) is 6.98. The van der Waals surface area contributed by atoms with Crippen LogP contribution in [0.4, 0.5) is 11.4 Å². The van der Waals surface area contributed by atoms with Crippen LogP contribution in [0.3, 0.4) is 0 Å². The number of Topliss-reactive ketones (excluding diaryl/α,β-unsaturated/α-hetero) is 1. The van der Waals surface area contributed by atoms with Gasteiger partial charge in [0.1, 0.15) is 11.9 Å². The highest BCUT2D eigenvalue weighted by Gasteiger charge is 2.23. The summed E-state index contributed by atoms with van der Waals surface area (Å²) in [6.07, 6.45) is 3.01. The van der Waals surface area contributed by atoms with Crippen molar-refractivity contribution in [2.24, 2.45) is 10.2 Å². The van der Waals surface area contributed by atoms with Crippen molar-refractivity contribution in [2.45, 2.75) is 38.7 Å². The molecule has 1 N–H and O–H groups in total. The number of hydrogen-bond donors (Lipinski definition) is 1. The van der Waals surface area contributed by atoms with E-state index in [4.69, 9.17) is 4.74 Å². The molecule has 0 saturated heterocycles. The number of ketones is 1. The van der Waals surface area contributed by atoms with E-state index >= 15 is 0 Å². The first-order chi connectivity index (χ1) is 15.2. The largest absolute Gasteiger partial charge is 0.493 e. The summed E-state index contributed by atoms with van der Waals surface area (Å²) in [5, 5.41) is 19.1. The smallest absolute Gasteiger partial charge is 0.199 e. The van der Waals surface area contributed by atoms with E-state index in [1.165, 1.54) is 0 Å². The number of aliphatic hydroxyl groups excluding tert-OH is 1. The van der Waals surface area contributed by atoms with Crippen molar-refractivity contribution in [3.63, 3.8) is 0 Å². The van der Waals surface area contributed by atoms with Crippen LogP contribution < -0.4 is 4.74 Å². The minimum Gasteiger partial charge on any atom is -0.493 e. The van der Waals surface area contributed by atoms with Crippen LogP contribution >= 0.6 is 0 Å².